The Kier molecular flexibility index (Phi) is 5.78. The Morgan fingerprint density at radius 1 is 0.750 bits per heavy atom. The Labute approximate surface area is 234 Å². The average Bonchev–Trinajstić information content (AvgIpc) is 3.49. The first-order valence-corrected chi connectivity index (χ1v) is 13.6. The summed E-state index contributed by atoms with van der Waals surface area (Å²) in [6.07, 6.45) is 5.36. The minimum atomic E-state index is -0.826. The first-order valence-electron chi connectivity index (χ1n) is 13.6. The third-order valence-electron chi connectivity index (χ3n) is 8.23. The van der Waals surface area contributed by atoms with E-state index >= 15 is 0 Å². The number of benzene rings is 5. The fourth-order valence-corrected chi connectivity index (χ4v) is 6.13. The summed E-state index contributed by atoms with van der Waals surface area (Å²) in [4.78, 5) is 0. The summed E-state index contributed by atoms with van der Waals surface area (Å²) in [5, 5.41) is 2.26. The monoisotopic (exact) mass is 526 g/mol. The van der Waals surface area contributed by atoms with Gasteiger partial charge >= 0.3 is 0 Å². The molecule has 0 aliphatic carbocycles. The SMILES string of the molecule is COc1ccc(C2(c3ccc(OC)cc3)C=Cc3c(C)c(-c4ccc5c(c4)CCO5)c4ccccc4c3O2)cc1. The highest BCUT2D eigenvalue weighted by Gasteiger charge is 2.38. The molecule has 5 aromatic carbocycles. The van der Waals surface area contributed by atoms with E-state index in [4.69, 9.17) is 18.9 Å². The van der Waals surface area contributed by atoms with E-state index in [1.165, 1.54) is 27.6 Å². The molecule has 0 radical (unpaired) electrons. The normalized spacial score (nSPS) is 14.7. The van der Waals surface area contributed by atoms with Crippen LogP contribution in [0.4, 0.5) is 0 Å². The highest BCUT2D eigenvalue weighted by atomic mass is 16.5. The lowest BCUT2D eigenvalue weighted by atomic mass is 9.81. The molecule has 0 saturated carbocycles. The van der Waals surface area contributed by atoms with Gasteiger partial charge in [0.25, 0.3) is 0 Å². The molecule has 2 heterocycles. The molecule has 0 aromatic heterocycles. The van der Waals surface area contributed by atoms with Gasteiger partial charge in [-0.3, -0.25) is 0 Å². The van der Waals surface area contributed by atoms with Crippen LogP contribution >= 0.6 is 0 Å². The highest BCUT2D eigenvalue weighted by Crippen LogP contribution is 2.49. The van der Waals surface area contributed by atoms with E-state index in [1.54, 1.807) is 14.2 Å². The average molecular weight is 527 g/mol. The highest BCUT2D eigenvalue weighted by molar-refractivity contribution is 6.05. The molecule has 2 aliphatic rings. The Hall–Kier alpha value is -4.70. The van der Waals surface area contributed by atoms with Crippen molar-refractivity contribution in [1.82, 2.24) is 0 Å². The summed E-state index contributed by atoms with van der Waals surface area (Å²) >= 11 is 0. The van der Waals surface area contributed by atoms with Crippen molar-refractivity contribution >= 4 is 16.8 Å². The molecule has 7 rings (SSSR count). The van der Waals surface area contributed by atoms with E-state index < -0.39 is 5.60 Å². The van der Waals surface area contributed by atoms with E-state index in [2.05, 4.69) is 85.8 Å². The molecule has 2 aliphatic heterocycles. The van der Waals surface area contributed by atoms with Crippen LogP contribution in [0.5, 0.6) is 23.0 Å². The second kappa shape index (κ2) is 9.49. The Bertz CT molecular complexity index is 1720. The van der Waals surface area contributed by atoms with Gasteiger partial charge in [0.1, 0.15) is 23.0 Å². The summed E-state index contributed by atoms with van der Waals surface area (Å²) in [5.74, 6) is 3.49. The largest absolute Gasteiger partial charge is 0.497 e. The van der Waals surface area contributed by atoms with Crippen LogP contribution in [0.2, 0.25) is 0 Å². The third-order valence-corrected chi connectivity index (χ3v) is 8.23. The molecule has 5 aromatic rings. The predicted molar refractivity (Wildman–Crippen MR) is 160 cm³/mol. The van der Waals surface area contributed by atoms with Crippen molar-refractivity contribution < 1.29 is 18.9 Å². The van der Waals surface area contributed by atoms with Crippen LogP contribution in [-0.4, -0.2) is 20.8 Å². The van der Waals surface area contributed by atoms with Gasteiger partial charge in [-0.25, -0.2) is 0 Å². The van der Waals surface area contributed by atoms with Crippen molar-refractivity contribution in [2.75, 3.05) is 20.8 Å². The first-order chi connectivity index (χ1) is 19.6. The fourth-order valence-electron chi connectivity index (χ4n) is 6.13. The maximum absolute atomic E-state index is 7.21. The lowest BCUT2D eigenvalue weighted by molar-refractivity contribution is 0.163. The molecule has 40 heavy (non-hydrogen) atoms. The minimum absolute atomic E-state index is 0.748. The van der Waals surface area contributed by atoms with Gasteiger partial charge in [0.2, 0.25) is 0 Å². The molecule has 0 spiro atoms. The van der Waals surface area contributed by atoms with Gasteiger partial charge in [0.15, 0.2) is 5.60 Å². The second-order valence-corrected chi connectivity index (χ2v) is 10.3. The lowest BCUT2D eigenvalue weighted by Crippen LogP contribution is -2.34. The lowest BCUT2D eigenvalue weighted by Gasteiger charge is -2.37. The molecule has 0 fully saturated rings. The summed E-state index contributed by atoms with van der Waals surface area (Å²) in [5.41, 5.74) is 7.21. The number of fused-ring (bicyclic) bond motifs is 4. The van der Waals surface area contributed by atoms with Crippen LogP contribution in [0.15, 0.2) is 97.1 Å². The van der Waals surface area contributed by atoms with Crippen molar-refractivity contribution in [3.8, 4) is 34.1 Å². The van der Waals surface area contributed by atoms with Crippen molar-refractivity contribution in [3.63, 3.8) is 0 Å². The molecule has 0 amide bonds. The summed E-state index contributed by atoms with van der Waals surface area (Å²) in [6.45, 7) is 2.95. The van der Waals surface area contributed by atoms with Crippen LogP contribution in [0.3, 0.4) is 0 Å². The van der Waals surface area contributed by atoms with Gasteiger partial charge in [-0.2, -0.15) is 0 Å². The summed E-state index contributed by atoms with van der Waals surface area (Å²) in [7, 11) is 3.37. The molecule has 0 bridgehead atoms. The number of ether oxygens (including phenoxy) is 4. The molecule has 0 N–H and O–H groups in total. The number of hydrogen-bond donors (Lipinski definition) is 0. The maximum atomic E-state index is 7.21. The van der Waals surface area contributed by atoms with Crippen LogP contribution in [0.25, 0.3) is 28.0 Å². The predicted octanol–water partition coefficient (Wildman–Crippen LogP) is 8.12. The molecule has 4 heteroatoms. The van der Waals surface area contributed by atoms with E-state index in [1.807, 2.05) is 24.3 Å². The standard InChI is InChI=1S/C36H30O4/c1-23-30-18-20-36(26-9-13-28(37-2)14-10-26,27-11-15-29(38-3)16-12-27)40-35(30)32-7-5-4-6-31(32)34(23)25-8-17-33-24(22-25)19-21-39-33/h4-18,20,22H,19,21H2,1-3H3. The molecule has 4 nitrogen and oxygen atoms in total. The van der Waals surface area contributed by atoms with E-state index in [9.17, 15) is 0 Å². The van der Waals surface area contributed by atoms with Crippen molar-refractivity contribution in [1.29, 1.82) is 0 Å². The number of methoxy groups -OCH3 is 2. The maximum Gasteiger partial charge on any atom is 0.178 e. The number of rotatable bonds is 5. The second-order valence-electron chi connectivity index (χ2n) is 10.3. The molecule has 0 unspecified atom stereocenters. The van der Waals surface area contributed by atoms with Crippen LogP contribution in [0.1, 0.15) is 27.8 Å². The summed E-state index contributed by atoms with van der Waals surface area (Å²) in [6, 6.07) is 31.4. The first kappa shape index (κ1) is 24.3. The van der Waals surface area contributed by atoms with E-state index in [-0.39, 0.29) is 0 Å². The zero-order valence-corrected chi connectivity index (χ0v) is 22.9. The van der Waals surface area contributed by atoms with Gasteiger partial charge in [-0.1, -0.05) is 60.7 Å². The van der Waals surface area contributed by atoms with Gasteiger partial charge in [-0.05, 0) is 77.0 Å². The topological polar surface area (TPSA) is 36.9 Å². The van der Waals surface area contributed by atoms with Crippen LogP contribution < -0.4 is 18.9 Å². The molecular weight excluding hydrogens is 496 g/mol. The Morgan fingerprint density at radius 3 is 2.05 bits per heavy atom. The number of hydrogen-bond acceptors (Lipinski definition) is 4. The van der Waals surface area contributed by atoms with E-state index in [0.717, 1.165) is 58.1 Å². The van der Waals surface area contributed by atoms with Gasteiger partial charge in [-0.15, -0.1) is 0 Å². The molecule has 0 atom stereocenters. The quantitative estimate of drug-likeness (QED) is 0.232. The van der Waals surface area contributed by atoms with Gasteiger partial charge in [0.05, 0.1) is 20.8 Å². The summed E-state index contributed by atoms with van der Waals surface area (Å²) < 4.78 is 23.9. The van der Waals surface area contributed by atoms with Crippen LogP contribution in [0, 0.1) is 6.92 Å². The minimum Gasteiger partial charge on any atom is -0.497 e. The fraction of sp³-hybridized carbons (Fsp3) is 0.167. The smallest absolute Gasteiger partial charge is 0.178 e. The molecule has 0 saturated heterocycles. The zero-order valence-electron chi connectivity index (χ0n) is 22.9. The van der Waals surface area contributed by atoms with Crippen molar-refractivity contribution in [2.24, 2.45) is 0 Å². The molecule has 198 valence electrons. The Balaban J connectivity index is 1.45. The molecular formula is C36H30O4. The third kappa shape index (κ3) is 3.75. The van der Waals surface area contributed by atoms with Crippen molar-refractivity contribution in [3.05, 3.63) is 125 Å². The van der Waals surface area contributed by atoms with Crippen molar-refractivity contribution in [2.45, 2.75) is 18.9 Å². The van der Waals surface area contributed by atoms with E-state index in [0.29, 0.717) is 0 Å². The Morgan fingerprint density at radius 2 is 1.40 bits per heavy atom. The van der Waals surface area contributed by atoms with Crippen LogP contribution in [-0.2, 0) is 12.0 Å². The zero-order chi connectivity index (χ0) is 27.3. The van der Waals surface area contributed by atoms with Gasteiger partial charge < -0.3 is 18.9 Å². The van der Waals surface area contributed by atoms with Gasteiger partial charge in [0, 0.05) is 28.5 Å².